The third kappa shape index (κ3) is 9.37. The van der Waals surface area contributed by atoms with Gasteiger partial charge in [0.05, 0.1) is 6.04 Å². The maximum absolute atomic E-state index is 13.2. The molecule has 15 nitrogen and oxygen atoms in total. The van der Waals surface area contributed by atoms with Crippen molar-refractivity contribution in [2.24, 2.45) is 11.7 Å². The Kier molecular flexibility index (Phi) is 13.0. The number of benzene rings is 3. The predicted octanol–water partition coefficient (Wildman–Crippen LogP) is 5.57. The highest BCUT2D eigenvalue weighted by atomic mass is 16.5. The van der Waals surface area contributed by atoms with Crippen molar-refractivity contribution in [3.05, 3.63) is 102 Å². The molecular formula is C47H55N9O6. The highest BCUT2D eigenvalue weighted by molar-refractivity contribution is 6.06. The van der Waals surface area contributed by atoms with Gasteiger partial charge in [0, 0.05) is 74.1 Å². The fourth-order valence-corrected chi connectivity index (χ4v) is 9.17. The van der Waals surface area contributed by atoms with E-state index in [0.717, 1.165) is 74.2 Å². The third-order valence-electron chi connectivity index (χ3n) is 12.5. The van der Waals surface area contributed by atoms with Gasteiger partial charge in [-0.05, 0) is 107 Å². The van der Waals surface area contributed by atoms with Crippen molar-refractivity contribution in [3.8, 4) is 22.8 Å². The lowest BCUT2D eigenvalue weighted by Crippen LogP contribution is -2.52. The summed E-state index contributed by atoms with van der Waals surface area (Å²) in [6.45, 7) is 4.72. The highest BCUT2D eigenvalue weighted by Crippen LogP contribution is 2.40. The molecule has 0 saturated carbocycles. The number of amides is 5. The van der Waals surface area contributed by atoms with Crippen LogP contribution in [0.3, 0.4) is 0 Å². The fraction of sp³-hybridized carbons (Fsp3) is 0.404. The maximum atomic E-state index is 13.2. The molecule has 15 heteroatoms. The zero-order valence-electron chi connectivity index (χ0n) is 35.2. The number of nitrogens with zero attached hydrogens (tertiary/aromatic N) is 5. The molecule has 3 aromatic carbocycles. The maximum Gasteiger partial charge on any atom is 0.255 e. The fourth-order valence-electron chi connectivity index (χ4n) is 9.17. The second-order valence-electron chi connectivity index (χ2n) is 16.6. The number of primary amides is 1. The standard InChI is InChI=1S/C47H55N9O6/c1-53(26-7-3-6-24-49-37-13-8-12-35-36(37)30-55(47(35)61)39-19-20-40(57)51-46(39)60)27-9-14-41(58)54-28-22-31(23-29-54)38-21-25-50-45-42(44(48)59)43(52-56(38)45)32-15-17-34(18-16-32)62-33-10-4-2-5-11-33/h2,4-5,8-18,31,38-39,49-50H,3,6-7,19-30H2,1H3,(H2,48,59)(H,51,57,60)/b14-9+/t38-,39?/m0/s1. The van der Waals surface area contributed by atoms with Crippen LogP contribution in [0.15, 0.2) is 84.9 Å². The zero-order chi connectivity index (χ0) is 43.2. The molecule has 0 radical (unpaired) electrons. The number of likely N-dealkylation sites (N-methyl/N-ethyl adjacent to an activating group) is 1. The number of imide groups is 1. The number of rotatable bonds is 16. The molecule has 1 aromatic heterocycles. The number of piperidine rings is 2. The van der Waals surface area contributed by atoms with E-state index in [9.17, 15) is 24.0 Å². The van der Waals surface area contributed by atoms with Crippen LogP contribution in [0.1, 0.15) is 83.7 Å². The molecule has 0 spiro atoms. The van der Waals surface area contributed by atoms with E-state index in [1.54, 1.807) is 17.0 Å². The largest absolute Gasteiger partial charge is 0.457 e. The molecule has 5 N–H and O–H groups in total. The van der Waals surface area contributed by atoms with E-state index < -0.39 is 17.9 Å². The lowest BCUT2D eigenvalue weighted by Gasteiger charge is -2.38. The van der Waals surface area contributed by atoms with Gasteiger partial charge < -0.3 is 35.8 Å². The monoisotopic (exact) mass is 841 g/mol. The Hall–Kier alpha value is -6.48. The van der Waals surface area contributed by atoms with Crippen LogP contribution in [0.2, 0.25) is 0 Å². The first kappa shape index (κ1) is 42.2. The number of carbonyl (C=O) groups is 5. The molecule has 2 fully saturated rings. The summed E-state index contributed by atoms with van der Waals surface area (Å²) in [4.78, 5) is 68.9. The van der Waals surface area contributed by atoms with Crippen LogP contribution < -0.4 is 26.4 Å². The Morgan fingerprint density at radius 2 is 1.71 bits per heavy atom. The number of hydrogen-bond acceptors (Lipinski definition) is 10. The minimum atomic E-state index is -0.630. The summed E-state index contributed by atoms with van der Waals surface area (Å²) in [5, 5.41) is 14.2. The van der Waals surface area contributed by atoms with Gasteiger partial charge in [-0.25, -0.2) is 4.68 Å². The highest BCUT2D eigenvalue weighted by Gasteiger charge is 2.40. The number of ether oxygens (including phenoxy) is 1. The van der Waals surface area contributed by atoms with Gasteiger partial charge >= 0.3 is 0 Å². The van der Waals surface area contributed by atoms with Crippen molar-refractivity contribution in [2.45, 2.75) is 70.0 Å². The summed E-state index contributed by atoms with van der Waals surface area (Å²) in [5.41, 5.74) is 10.1. The Morgan fingerprint density at radius 3 is 2.47 bits per heavy atom. The summed E-state index contributed by atoms with van der Waals surface area (Å²) in [6, 6.07) is 22.2. The van der Waals surface area contributed by atoms with Crippen LogP contribution in [-0.2, 0) is 20.9 Å². The first-order chi connectivity index (χ1) is 30.1. The van der Waals surface area contributed by atoms with Crippen molar-refractivity contribution in [3.63, 3.8) is 0 Å². The Morgan fingerprint density at radius 1 is 0.935 bits per heavy atom. The molecule has 1 unspecified atom stereocenters. The van der Waals surface area contributed by atoms with Gasteiger partial charge in [0.15, 0.2) is 0 Å². The van der Waals surface area contributed by atoms with Crippen molar-refractivity contribution in [1.29, 1.82) is 0 Å². The molecule has 4 aliphatic heterocycles. The molecule has 2 saturated heterocycles. The summed E-state index contributed by atoms with van der Waals surface area (Å²) in [5.74, 6) is 1.00. The average molecular weight is 842 g/mol. The van der Waals surface area contributed by atoms with Gasteiger partial charge in [0.25, 0.3) is 11.8 Å². The third-order valence-corrected chi connectivity index (χ3v) is 12.5. The minimum Gasteiger partial charge on any atom is -0.457 e. The van der Waals surface area contributed by atoms with Crippen LogP contribution in [0.5, 0.6) is 11.5 Å². The normalized spacial score (nSPS) is 19.0. The topological polar surface area (TPSA) is 184 Å². The number of nitrogens with one attached hydrogen (secondary N) is 3. The summed E-state index contributed by atoms with van der Waals surface area (Å²) in [6.07, 6.45) is 9.75. The number of fused-ring (bicyclic) bond motifs is 2. The van der Waals surface area contributed by atoms with Crippen LogP contribution >= 0.6 is 0 Å². The van der Waals surface area contributed by atoms with Crippen molar-refractivity contribution in [1.82, 2.24) is 29.8 Å². The number of aromatic nitrogens is 2. The lowest BCUT2D eigenvalue weighted by atomic mass is 9.87. The van der Waals surface area contributed by atoms with Gasteiger partial charge in [-0.1, -0.05) is 36.8 Å². The number of para-hydroxylation sites is 1. The molecule has 2 atom stereocenters. The van der Waals surface area contributed by atoms with E-state index in [2.05, 4.69) is 27.9 Å². The van der Waals surface area contributed by atoms with E-state index in [1.165, 1.54) is 0 Å². The van der Waals surface area contributed by atoms with Gasteiger partial charge in [0.2, 0.25) is 17.7 Å². The summed E-state index contributed by atoms with van der Waals surface area (Å²) in [7, 11) is 2.06. The molecule has 0 aliphatic carbocycles. The Bertz CT molecular complexity index is 2320. The quantitative estimate of drug-likeness (QED) is 0.0633. The van der Waals surface area contributed by atoms with Crippen molar-refractivity contribution < 1.29 is 28.7 Å². The molecule has 5 amide bonds. The van der Waals surface area contributed by atoms with Crippen molar-refractivity contribution in [2.75, 3.05) is 56.9 Å². The van der Waals surface area contributed by atoms with Gasteiger partial charge in [-0.15, -0.1) is 0 Å². The molecule has 324 valence electrons. The number of anilines is 2. The second-order valence-corrected chi connectivity index (χ2v) is 16.6. The Labute approximate surface area is 361 Å². The lowest BCUT2D eigenvalue weighted by molar-refractivity contribution is -0.137. The van der Waals surface area contributed by atoms with E-state index >= 15 is 0 Å². The van der Waals surface area contributed by atoms with E-state index in [0.29, 0.717) is 73.5 Å². The number of likely N-dealkylation sites (tertiary alicyclic amines) is 1. The molecule has 8 rings (SSSR count). The first-order valence-corrected chi connectivity index (χ1v) is 21.8. The average Bonchev–Trinajstić information content (AvgIpc) is 3.84. The molecule has 4 aromatic rings. The summed E-state index contributed by atoms with van der Waals surface area (Å²) >= 11 is 0. The summed E-state index contributed by atoms with van der Waals surface area (Å²) < 4.78 is 7.92. The van der Waals surface area contributed by atoms with E-state index in [4.69, 9.17) is 15.6 Å². The molecule has 62 heavy (non-hydrogen) atoms. The van der Waals surface area contributed by atoms with Gasteiger partial charge in [0.1, 0.15) is 34.6 Å². The molecular weight excluding hydrogens is 787 g/mol. The van der Waals surface area contributed by atoms with Crippen LogP contribution in [0.4, 0.5) is 11.5 Å². The number of nitrogens with two attached hydrogens (primary N) is 1. The van der Waals surface area contributed by atoms with E-state index in [-0.39, 0.29) is 30.2 Å². The molecule has 4 aliphatic rings. The molecule has 0 bridgehead atoms. The number of carbonyl (C=O) groups excluding carboxylic acids is 5. The zero-order valence-corrected chi connectivity index (χ0v) is 35.2. The number of unbranched alkanes of at least 4 members (excludes halogenated alkanes) is 2. The molecule has 5 heterocycles. The van der Waals surface area contributed by atoms with Crippen LogP contribution in [0, 0.1) is 5.92 Å². The van der Waals surface area contributed by atoms with Gasteiger partial charge in [-0.2, -0.15) is 5.10 Å². The van der Waals surface area contributed by atoms with Gasteiger partial charge in [-0.3, -0.25) is 29.3 Å². The Balaban J connectivity index is 0.758. The smallest absolute Gasteiger partial charge is 0.255 e. The SMILES string of the molecule is CN(C/C=C/C(=O)N1CCC([C@@H]2CCNc3c(C(N)=O)c(-c4ccc(Oc5ccccc5)cc4)nn32)CC1)CCCCCNc1cccc2c1CN(C1CCC(=O)NC1=O)C2=O. The first-order valence-electron chi connectivity index (χ1n) is 21.8. The number of hydrogen-bond donors (Lipinski definition) is 4. The predicted molar refractivity (Wildman–Crippen MR) is 236 cm³/mol. The van der Waals surface area contributed by atoms with E-state index in [1.807, 2.05) is 82.4 Å². The van der Waals surface area contributed by atoms with Crippen LogP contribution in [-0.4, -0.2) is 106 Å². The minimum absolute atomic E-state index is 0.0281. The van der Waals surface area contributed by atoms with Crippen LogP contribution in [0.25, 0.3) is 11.3 Å². The second kappa shape index (κ2) is 19.1. The van der Waals surface area contributed by atoms with Crippen molar-refractivity contribution >= 4 is 41.0 Å².